The highest BCUT2D eigenvalue weighted by Gasteiger charge is 2.47. The van der Waals surface area contributed by atoms with Crippen LogP contribution in [-0.4, -0.2) is 0 Å². The lowest BCUT2D eigenvalue weighted by Crippen LogP contribution is -2.34. The minimum atomic E-state index is -4.59. The van der Waals surface area contributed by atoms with Crippen LogP contribution in [0.2, 0.25) is 0 Å². The third-order valence-corrected chi connectivity index (χ3v) is 9.82. The number of hydrogen-bond donors (Lipinski definition) is 0. The van der Waals surface area contributed by atoms with E-state index < -0.39 is 51.9 Å². The zero-order chi connectivity index (χ0) is 28.1. The number of rotatable bonds is 7. The largest absolute Gasteiger partial charge is 0.432 e. The van der Waals surface area contributed by atoms with Crippen molar-refractivity contribution < 1.29 is 35.5 Å². The summed E-state index contributed by atoms with van der Waals surface area (Å²) in [6, 6.07) is 2.31. The highest BCUT2D eigenvalue weighted by atomic mass is 19.3. The molecule has 0 heterocycles. The smallest absolute Gasteiger partial charge is 0.429 e. The van der Waals surface area contributed by atoms with Crippen molar-refractivity contribution >= 4 is 0 Å². The van der Waals surface area contributed by atoms with Gasteiger partial charge in [0, 0.05) is 12.1 Å². The summed E-state index contributed by atoms with van der Waals surface area (Å²) in [6.45, 7) is 4.33. The standard InChI is InChI=1S/C31H35F7O/c1-3-6-30(7-4-18(5-8-30)21-11-19-9-17(2)10-20(19)12-21)22-13-24(32)28(25(33)14-22)31(37,38)39-23-15-26(34)29(36)27(35)16-23/h13-21H,3-12H2,1-2H3. The van der Waals surface area contributed by atoms with E-state index in [9.17, 15) is 22.0 Å². The maximum Gasteiger partial charge on any atom is 0.432 e. The van der Waals surface area contributed by atoms with Crippen molar-refractivity contribution in [1.82, 2.24) is 0 Å². The van der Waals surface area contributed by atoms with E-state index >= 15 is 8.78 Å². The van der Waals surface area contributed by atoms with Gasteiger partial charge in [0.05, 0.1) is 0 Å². The molecule has 39 heavy (non-hydrogen) atoms. The van der Waals surface area contributed by atoms with Crippen molar-refractivity contribution in [1.29, 1.82) is 0 Å². The van der Waals surface area contributed by atoms with Crippen LogP contribution in [0.15, 0.2) is 24.3 Å². The quantitative estimate of drug-likeness (QED) is 0.244. The van der Waals surface area contributed by atoms with Gasteiger partial charge < -0.3 is 4.74 Å². The lowest BCUT2D eigenvalue weighted by molar-refractivity contribution is -0.189. The minimum Gasteiger partial charge on any atom is -0.429 e. The van der Waals surface area contributed by atoms with E-state index in [4.69, 9.17) is 0 Å². The molecule has 0 saturated heterocycles. The van der Waals surface area contributed by atoms with Gasteiger partial charge in [-0.1, -0.05) is 20.3 Å². The molecule has 3 aliphatic rings. The third-order valence-electron chi connectivity index (χ3n) is 9.82. The number of benzene rings is 2. The van der Waals surface area contributed by atoms with E-state index in [0.29, 0.717) is 23.8 Å². The van der Waals surface area contributed by atoms with Gasteiger partial charge in [-0.2, -0.15) is 8.78 Å². The van der Waals surface area contributed by atoms with E-state index in [1.165, 1.54) is 25.7 Å². The Kier molecular flexibility index (Phi) is 7.70. The van der Waals surface area contributed by atoms with Gasteiger partial charge in [0.15, 0.2) is 17.5 Å². The Morgan fingerprint density at radius 3 is 1.79 bits per heavy atom. The van der Waals surface area contributed by atoms with Crippen molar-refractivity contribution in [3.8, 4) is 5.75 Å². The monoisotopic (exact) mass is 556 g/mol. The molecular weight excluding hydrogens is 521 g/mol. The summed E-state index contributed by atoms with van der Waals surface area (Å²) in [5.41, 5.74) is -1.80. The van der Waals surface area contributed by atoms with Crippen LogP contribution in [0.4, 0.5) is 30.7 Å². The van der Waals surface area contributed by atoms with Crippen molar-refractivity contribution in [2.45, 2.75) is 89.6 Å². The topological polar surface area (TPSA) is 9.23 Å². The maximum atomic E-state index is 15.2. The fourth-order valence-electron chi connectivity index (χ4n) is 8.12. The molecule has 214 valence electrons. The first kappa shape index (κ1) is 28.3. The number of ether oxygens (including phenoxy) is 1. The Hall–Kier alpha value is -2.25. The average Bonchev–Trinajstić information content (AvgIpc) is 3.39. The molecule has 5 rings (SSSR count). The Morgan fingerprint density at radius 2 is 1.28 bits per heavy atom. The summed E-state index contributed by atoms with van der Waals surface area (Å²) in [5.74, 6) is -5.72. The fourth-order valence-corrected chi connectivity index (χ4v) is 8.12. The van der Waals surface area contributed by atoms with E-state index in [1.54, 1.807) is 0 Å². The van der Waals surface area contributed by atoms with Crippen LogP contribution >= 0.6 is 0 Å². The van der Waals surface area contributed by atoms with Crippen LogP contribution in [0.5, 0.6) is 5.75 Å². The SMILES string of the molecule is CCCC1(c2cc(F)c(C(F)(F)Oc3cc(F)c(F)c(F)c3)c(F)c2)CCC(C2CC3CC(C)CC3C2)CC1. The first-order valence-corrected chi connectivity index (χ1v) is 14.1. The van der Waals surface area contributed by atoms with Crippen molar-refractivity contribution in [2.24, 2.45) is 29.6 Å². The summed E-state index contributed by atoms with van der Waals surface area (Å²) in [7, 11) is 0. The molecule has 3 saturated carbocycles. The predicted molar refractivity (Wildman–Crippen MR) is 134 cm³/mol. The zero-order valence-corrected chi connectivity index (χ0v) is 22.3. The summed E-state index contributed by atoms with van der Waals surface area (Å²) in [5, 5.41) is 0. The Bertz CT molecular complexity index is 1140. The summed E-state index contributed by atoms with van der Waals surface area (Å²) in [4.78, 5) is 0. The number of fused-ring (bicyclic) bond motifs is 1. The van der Waals surface area contributed by atoms with Gasteiger partial charge in [0.2, 0.25) is 0 Å². The van der Waals surface area contributed by atoms with Crippen LogP contribution in [-0.2, 0) is 11.5 Å². The van der Waals surface area contributed by atoms with Crippen molar-refractivity contribution in [3.63, 3.8) is 0 Å². The maximum absolute atomic E-state index is 15.2. The van der Waals surface area contributed by atoms with E-state index in [2.05, 4.69) is 11.7 Å². The number of halogens is 7. The molecular formula is C31H35F7O. The molecule has 2 atom stereocenters. The van der Waals surface area contributed by atoms with Crippen LogP contribution in [0.25, 0.3) is 0 Å². The fraction of sp³-hybridized carbons (Fsp3) is 0.613. The molecule has 3 fully saturated rings. The van der Waals surface area contributed by atoms with Crippen LogP contribution in [0, 0.1) is 58.7 Å². The second kappa shape index (κ2) is 10.6. The van der Waals surface area contributed by atoms with Crippen molar-refractivity contribution in [2.75, 3.05) is 0 Å². The van der Waals surface area contributed by atoms with Crippen LogP contribution in [0.3, 0.4) is 0 Å². The molecule has 0 amide bonds. The molecule has 0 N–H and O–H groups in total. The van der Waals surface area contributed by atoms with E-state index in [-0.39, 0.29) is 12.1 Å². The van der Waals surface area contributed by atoms with E-state index in [1.807, 2.05) is 6.92 Å². The molecule has 2 aromatic rings. The highest BCUT2D eigenvalue weighted by molar-refractivity contribution is 5.35. The van der Waals surface area contributed by atoms with E-state index in [0.717, 1.165) is 62.0 Å². The predicted octanol–water partition coefficient (Wildman–Crippen LogP) is 9.81. The molecule has 3 aliphatic carbocycles. The number of hydrogen-bond acceptors (Lipinski definition) is 1. The van der Waals surface area contributed by atoms with Gasteiger partial charge in [-0.05, 0) is 110 Å². The molecule has 0 radical (unpaired) electrons. The van der Waals surface area contributed by atoms with Crippen LogP contribution in [0.1, 0.15) is 89.2 Å². The Morgan fingerprint density at radius 1 is 0.769 bits per heavy atom. The highest BCUT2D eigenvalue weighted by Crippen LogP contribution is 2.55. The Balaban J connectivity index is 1.34. The molecule has 0 bridgehead atoms. The second-order valence-electron chi connectivity index (χ2n) is 12.3. The molecule has 0 spiro atoms. The molecule has 2 aromatic carbocycles. The molecule has 0 aromatic heterocycles. The lowest BCUT2D eigenvalue weighted by atomic mass is 9.62. The normalized spacial score (nSPS) is 30.9. The van der Waals surface area contributed by atoms with Gasteiger partial charge in [-0.25, -0.2) is 22.0 Å². The first-order valence-electron chi connectivity index (χ1n) is 14.1. The van der Waals surface area contributed by atoms with Gasteiger partial charge in [0.25, 0.3) is 0 Å². The van der Waals surface area contributed by atoms with Gasteiger partial charge in [-0.15, -0.1) is 0 Å². The lowest BCUT2D eigenvalue weighted by Gasteiger charge is -2.43. The second-order valence-corrected chi connectivity index (χ2v) is 12.3. The first-order chi connectivity index (χ1) is 18.4. The minimum absolute atomic E-state index is 0.198. The zero-order valence-electron chi connectivity index (χ0n) is 22.3. The summed E-state index contributed by atoms with van der Waals surface area (Å²) < 4.78 is 104. The van der Waals surface area contributed by atoms with Gasteiger partial charge >= 0.3 is 6.11 Å². The molecule has 1 nitrogen and oxygen atoms in total. The number of alkyl halides is 2. The Labute approximate surface area is 225 Å². The van der Waals surface area contributed by atoms with Gasteiger partial charge in [0.1, 0.15) is 22.9 Å². The summed E-state index contributed by atoms with van der Waals surface area (Å²) >= 11 is 0. The van der Waals surface area contributed by atoms with Gasteiger partial charge in [-0.3, -0.25) is 0 Å². The summed E-state index contributed by atoms with van der Waals surface area (Å²) in [6.07, 6.45) is 5.45. The third kappa shape index (κ3) is 5.41. The molecule has 0 aliphatic heterocycles. The average molecular weight is 557 g/mol. The van der Waals surface area contributed by atoms with Crippen molar-refractivity contribution in [3.05, 3.63) is 64.5 Å². The molecule has 2 unspecified atom stereocenters. The van der Waals surface area contributed by atoms with Crippen LogP contribution < -0.4 is 4.74 Å². The molecule has 8 heteroatoms.